The number of sulfonamides is 1. The molecule has 1 aromatic heterocycles. The SMILES string of the molecule is Cc1cc2nc(Nc3ccc(O)cc3)c(NS(=O)(=O)c3ccccc3C(F)(F)F)nc2cc1C. The molecule has 0 bridgehead atoms. The number of fused-ring (bicyclic) bond motifs is 1. The van der Waals surface area contributed by atoms with Crippen LogP contribution in [0.4, 0.5) is 30.5 Å². The van der Waals surface area contributed by atoms with E-state index in [0.717, 1.165) is 23.3 Å². The van der Waals surface area contributed by atoms with Crippen molar-refractivity contribution < 1.29 is 26.7 Å². The van der Waals surface area contributed by atoms with Crippen molar-refractivity contribution in [2.24, 2.45) is 0 Å². The predicted octanol–water partition coefficient (Wildman–Crippen LogP) is 5.52. The Labute approximate surface area is 193 Å². The third-order valence-electron chi connectivity index (χ3n) is 5.12. The summed E-state index contributed by atoms with van der Waals surface area (Å²) in [6, 6.07) is 13.3. The van der Waals surface area contributed by atoms with Gasteiger partial charge < -0.3 is 10.4 Å². The van der Waals surface area contributed by atoms with Crippen molar-refractivity contribution in [3.63, 3.8) is 0 Å². The summed E-state index contributed by atoms with van der Waals surface area (Å²) in [4.78, 5) is 7.88. The maximum absolute atomic E-state index is 13.5. The number of hydrogen-bond acceptors (Lipinski definition) is 6. The van der Waals surface area contributed by atoms with E-state index in [1.54, 1.807) is 12.1 Å². The van der Waals surface area contributed by atoms with Crippen molar-refractivity contribution in [1.82, 2.24) is 9.97 Å². The molecular weight excluding hydrogens is 469 g/mol. The number of aromatic nitrogens is 2. The van der Waals surface area contributed by atoms with Gasteiger partial charge >= 0.3 is 6.18 Å². The maximum Gasteiger partial charge on any atom is 0.417 e. The molecule has 0 fully saturated rings. The fourth-order valence-corrected chi connectivity index (χ4v) is 4.51. The number of hydrogen-bond donors (Lipinski definition) is 3. The Bertz CT molecular complexity index is 1490. The molecule has 0 aliphatic heterocycles. The summed E-state index contributed by atoms with van der Waals surface area (Å²) >= 11 is 0. The molecule has 0 amide bonds. The molecule has 34 heavy (non-hydrogen) atoms. The highest BCUT2D eigenvalue weighted by molar-refractivity contribution is 7.92. The van der Waals surface area contributed by atoms with Gasteiger partial charge in [-0.1, -0.05) is 12.1 Å². The first-order chi connectivity index (χ1) is 15.9. The minimum absolute atomic E-state index is 0.0190. The van der Waals surface area contributed by atoms with Gasteiger partial charge in [0, 0.05) is 5.69 Å². The van der Waals surface area contributed by atoms with Crippen LogP contribution < -0.4 is 10.0 Å². The van der Waals surface area contributed by atoms with Crippen molar-refractivity contribution in [3.8, 4) is 5.75 Å². The fraction of sp³-hybridized carbons (Fsp3) is 0.130. The lowest BCUT2D eigenvalue weighted by Gasteiger charge is -2.17. The molecule has 3 N–H and O–H groups in total. The van der Waals surface area contributed by atoms with Crippen LogP contribution in [0.3, 0.4) is 0 Å². The van der Waals surface area contributed by atoms with Crippen LogP contribution in [0.5, 0.6) is 5.75 Å². The molecule has 4 aromatic rings. The number of aryl methyl sites for hydroxylation is 2. The summed E-state index contributed by atoms with van der Waals surface area (Å²) < 4.78 is 68.6. The minimum Gasteiger partial charge on any atom is -0.508 e. The van der Waals surface area contributed by atoms with Crippen molar-refractivity contribution in [2.45, 2.75) is 24.9 Å². The highest BCUT2D eigenvalue weighted by atomic mass is 32.2. The number of aromatic hydroxyl groups is 1. The van der Waals surface area contributed by atoms with Crippen LogP contribution in [-0.2, 0) is 16.2 Å². The molecule has 0 radical (unpaired) electrons. The van der Waals surface area contributed by atoms with E-state index < -0.39 is 26.7 Å². The predicted molar refractivity (Wildman–Crippen MR) is 123 cm³/mol. The van der Waals surface area contributed by atoms with Crippen LogP contribution in [0, 0.1) is 13.8 Å². The summed E-state index contributed by atoms with van der Waals surface area (Å²) in [6.07, 6.45) is -4.87. The Kier molecular flexibility index (Phi) is 5.82. The van der Waals surface area contributed by atoms with Crippen molar-refractivity contribution >= 4 is 38.4 Å². The molecule has 1 heterocycles. The number of rotatable bonds is 5. The first-order valence-corrected chi connectivity index (χ1v) is 11.5. The quantitative estimate of drug-likeness (QED) is 0.320. The lowest BCUT2D eigenvalue weighted by molar-refractivity contribution is -0.139. The topological polar surface area (TPSA) is 104 Å². The first-order valence-electron chi connectivity index (χ1n) is 9.98. The Morgan fingerprint density at radius 1 is 0.853 bits per heavy atom. The van der Waals surface area contributed by atoms with E-state index in [1.165, 1.54) is 30.3 Å². The molecule has 0 aliphatic rings. The standard InChI is InChI=1S/C23H19F3N4O3S/c1-13-11-18-19(12-14(13)2)29-22(21(28-18)27-15-7-9-16(31)10-8-15)30-34(32,33)20-6-4-3-5-17(20)23(24,25)26/h3-12,31H,1-2H3,(H,27,28)(H,29,30). The summed E-state index contributed by atoms with van der Waals surface area (Å²) in [7, 11) is -4.69. The lowest BCUT2D eigenvalue weighted by Crippen LogP contribution is -2.20. The van der Waals surface area contributed by atoms with Gasteiger partial charge in [-0.25, -0.2) is 18.4 Å². The zero-order chi connectivity index (χ0) is 24.7. The van der Waals surface area contributed by atoms with Crippen molar-refractivity contribution in [1.29, 1.82) is 0 Å². The van der Waals surface area contributed by atoms with Crippen molar-refractivity contribution in [3.05, 3.63) is 77.4 Å². The molecule has 0 saturated heterocycles. The fourth-order valence-electron chi connectivity index (χ4n) is 3.27. The monoisotopic (exact) mass is 488 g/mol. The van der Waals surface area contributed by atoms with Crippen LogP contribution in [0.15, 0.2) is 65.6 Å². The number of nitrogens with one attached hydrogen (secondary N) is 2. The van der Waals surface area contributed by atoms with Crippen LogP contribution in [0.25, 0.3) is 11.0 Å². The highest BCUT2D eigenvalue weighted by Gasteiger charge is 2.37. The molecule has 0 saturated carbocycles. The number of benzene rings is 3. The van der Waals surface area contributed by atoms with Crippen LogP contribution in [0.1, 0.15) is 16.7 Å². The van der Waals surface area contributed by atoms with Gasteiger partial charge in [0.2, 0.25) is 0 Å². The van der Waals surface area contributed by atoms with E-state index in [0.29, 0.717) is 22.8 Å². The second-order valence-electron chi connectivity index (χ2n) is 7.62. The average Bonchev–Trinajstić information content (AvgIpc) is 2.76. The van der Waals surface area contributed by atoms with E-state index in [9.17, 15) is 26.7 Å². The number of phenols is 1. The molecule has 0 atom stereocenters. The Balaban J connectivity index is 1.85. The van der Waals surface area contributed by atoms with E-state index in [4.69, 9.17) is 0 Å². The third kappa shape index (κ3) is 4.74. The van der Waals surface area contributed by atoms with E-state index in [-0.39, 0.29) is 17.4 Å². The summed E-state index contributed by atoms with van der Waals surface area (Å²) in [6.45, 7) is 3.73. The highest BCUT2D eigenvalue weighted by Crippen LogP contribution is 2.35. The van der Waals surface area contributed by atoms with E-state index in [2.05, 4.69) is 20.0 Å². The summed E-state index contributed by atoms with van der Waals surface area (Å²) in [5.41, 5.74) is 1.80. The zero-order valence-electron chi connectivity index (χ0n) is 18.0. The number of halogens is 3. The van der Waals surface area contributed by atoms with E-state index >= 15 is 0 Å². The molecule has 3 aromatic carbocycles. The number of nitrogens with zero attached hydrogens (tertiary/aromatic N) is 2. The summed E-state index contributed by atoms with van der Waals surface area (Å²) in [5, 5.41) is 12.4. The van der Waals surface area contributed by atoms with Gasteiger partial charge in [0.05, 0.1) is 21.5 Å². The first kappa shape index (κ1) is 23.3. The number of anilines is 3. The molecular formula is C23H19F3N4O3S. The Hall–Kier alpha value is -3.86. The van der Waals surface area contributed by atoms with Crippen LogP contribution in [0.2, 0.25) is 0 Å². The average molecular weight is 488 g/mol. The molecule has 0 aliphatic carbocycles. The minimum atomic E-state index is -4.87. The molecule has 7 nitrogen and oxygen atoms in total. The normalized spacial score (nSPS) is 12.0. The van der Waals surface area contributed by atoms with Crippen LogP contribution >= 0.6 is 0 Å². The third-order valence-corrected chi connectivity index (χ3v) is 6.52. The Morgan fingerprint density at radius 3 is 2.00 bits per heavy atom. The lowest BCUT2D eigenvalue weighted by atomic mass is 10.1. The second kappa shape index (κ2) is 8.49. The van der Waals surface area contributed by atoms with Gasteiger partial charge in [-0.15, -0.1) is 0 Å². The number of alkyl halides is 3. The van der Waals surface area contributed by atoms with Gasteiger partial charge in [0.1, 0.15) is 5.75 Å². The van der Waals surface area contributed by atoms with E-state index in [1.807, 2.05) is 13.8 Å². The molecule has 0 spiro atoms. The molecule has 4 rings (SSSR count). The van der Waals surface area contributed by atoms with Gasteiger partial charge in [-0.2, -0.15) is 13.2 Å². The van der Waals surface area contributed by atoms with Gasteiger partial charge in [0.25, 0.3) is 10.0 Å². The zero-order valence-corrected chi connectivity index (χ0v) is 18.8. The largest absolute Gasteiger partial charge is 0.508 e. The molecule has 11 heteroatoms. The molecule has 176 valence electrons. The van der Waals surface area contributed by atoms with Crippen molar-refractivity contribution in [2.75, 3.05) is 10.0 Å². The van der Waals surface area contributed by atoms with Gasteiger partial charge in [-0.3, -0.25) is 4.72 Å². The number of phenolic OH excluding ortho intramolecular Hbond substituents is 1. The summed E-state index contributed by atoms with van der Waals surface area (Å²) in [5.74, 6) is -0.277. The van der Waals surface area contributed by atoms with Gasteiger partial charge in [0.15, 0.2) is 11.6 Å². The maximum atomic E-state index is 13.5. The van der Waals surface area contributed by atoms with Crippen LogP contribution in [-0.4, -0.2) is 23.5 Å². The molecule has 0 unspecified atom stereocenters. The van der Waals surface area contributed by atoms with Gasteiger partial charge in [-0.05, 0) is 73.5 Å². The smallest absolute Gasteiger partial charge is 0.417 e. The Morgan fingerprint density at radius 2 is 1.41 bits per heavy atom. The second-order valence-corrected chi connectivity index (χ2v) is 9.27.